The zero-order chi connectivity index (χ0) is 15.6. The summed E-state index contributed by atoms with van der Waals surface area (Å²) in [6.07, 6.45) is 2.46. The molecule has 0 N–H and O–H groups in total. The fourth-order valence-electron chi connectivity index (χ4n) is 2.91. The first-order valence-corrected chi connectivity index (χ1v) is 8.28. The molecule has 0 heterocycles. The van der Waals surface area contributed by atoms with Crippen LogP contribution in [0.5, 0.6) is 0 Å². The number of hydrogen-bond donors (Lipinski definition) is 0. The molecule has 0 saturated heterocycles. The van der Waals surface area contributed by atoms with Gasteiger partial charge in [-0.1, -0.05) is 92.5 Å². The summed E-state index contributed by atoms with van der Waals surface area (Å²) in [6.45, 7) is 18.9. The smallest absolute Gasteiger partial charge is 0.00779 e. The van der Waals surface area contributed by atoms with E-state index in [1.807, 2.05) is 0 Å². The van der Waals surface area contributed by atoms with Crippen molar-refractivity contribution < 1.29 is 0 Å². The van der Waals surface area contributed by atoms with Gasteiger partial charge >= 0.3 is 0 Å². The molecule has 1 aromatic carbocycles. The fourth-order valence-corrected chi connectivity index (χ4v) is 2.91. The second-order valence-corrected chi connectivity index (χ2v) is 7.64. The van der Waals surface area contributed by atoms with Gasteiger partial charge in [0.05, 0.1) is 0 Å². The van der Waals surface area contributed by atoms with E-state index in [9.17, 15) is 0 Å². The quantitative estimate of drug-likeness (QED) is 0.568. The Kier molecular flexibility index (Phi) is 5.46. The van der Waals surface area contributed by atoms with Crippen molar-refractivity contribution in [3.05, 3.63) is 35.4 Å². The first-order valence-electron chi connectivity index (χ1n) is 8.28. The van der Waals surface area contributed by atoms with Crippen LogP contribution in [0.15, 0.2) is 24.3 Å². The molecule has 0 radical (unpaired) electrons. The third-order valence-electron chi connectivity index (χ3n) is 6.04. The van der Waals surface area contributed by atoms with Gasteiger partial charge in [0.15, 0.2) is 0 Å². The van der Waals surface area contributed by atoms with Gasteiger partial charge in [0, 0.05) is 0 Å². The maximum atomic E-state index is 2.46. The molecule has 0 heteroatoms. The largest absolute Gasteiger partial charge is 0.0651 e. The molecule has 20 heavy (non-hydrogen) atoms. The number of benzene rings is 1. The molecule has 0 aromatic heterocycles. The highest BCUT2D eigenvalue weighted by molar-refractivity contribution is 5.34. The third-order valence-corrected chi connectivity index (χ3v) is 6.04. The Bertz CT molecular complexity index is 388. The molecule has 114 valence electrons. The minimum Gasteiger partial charge on any atom is -0.0651 e. The highest BCUT2D eigenvalue weighted by atomic mass is 14.3. The SMILES string of the molecule is CCC(C)C(C)(C)c1cccc(C(C)(C)C(C)CC)c1. The van der Waals surface area contributed by atoms with Crippen molar-refractivity contribution in [2.24, 2.45) is 11.8 Å². The van der Waals surface area contributed by atoms with E-state index in [1.54, 1.807) is 0 Å². The van der Waals surface area contributed by atoms with E-state index >= 15 is 0 Å². The molecule has 0 aliphatic carbocycles. The molecule has 0 fully saturated rings. The summed E-state index contributed by atoms with van der Waals surface area (Å²) in [5.41, 5.74) is 3.47. The Morgan fingerprint density at radius 2 is 1.15 bits per heavy atom. The van der Waals surface area contributed by atoms with Gasteiger partial charge in [0.25, 0.3) is 0 Å². The summed E-state index contributed by atoms with van der Waals surface area (Å²) in [5.74, 6) is 1.40. The Labute approximate surface area is 127 Å². The van der Waals surface area contributed by atoms with Gasteiger partial charge in [-0.2, -0.15) is 0 Å². The molecule has 2 atom stereocenters. The van der Waals surface area contributed by atoms with Crippen LogP contribution in [0.2, 0.25) is 0 Å². The van der Waals surface area contributed by atoms with Crippen molar-refractivity contribution in [2.45, 2.75) is 79.1 Å². The minimum atomic E-state index is 0.246. The van der Waals surface area contributed by atoms with E-state index in [-0.39, 0.29) is 10.8 Å². The second kappa shape index (κ2) is 6.33. The maximum absolute atomic E-state index is 2.46. The van der Waals surface area contributed by atoms with Gasteiger partial charge in [-0.05, 0) is 33.8 Å². The molecule has 0 aliphatic heterocycles. The summed E-state index contributed by atoms with van der Waals surface area (Å²) in [4.78, 5) is 0. The lowest BCUT2D eigenvalue weighted by Gasteiger charge is -2.36. The molecular weight excluding hydrogens is 240 g/mol. The first kappa shape index (κ1) is 17.3. The van der Waals surface area contributed by atoms with Crippen LogP contribution in [0, 0.1) is 11.8 Å². The van der Waals surface area contributed by atoms with Crippen LogP contribution in [0.1, 0.15) is 79.4 Å². The van der Waals surface area contributed by atoms with Crippen LogP contribution in [0.4, 0.5) is 0 Å². The Balaban J connectivity index is 3.20. The van der Waals surface area contributed by atoms with Crippen LogP contribution in [-0.2, 0) is 10.8 Å². The highest BCUT2D eigenvalue weighted by Crippen LogP contribution is 2.38. The lowest BCUT2D eigenvalue weighted by Crippen LogP contribution is -2.29. The van der Waals surface area contributed by atoms with E-state index < -0.39 is 0 Å². The van der Waals surface area contributed by atoms with Crippen molar-refractivity contribution in [3.63, 3.8) is 0 Å². The molecule has 1 rings (SSSR count). The molecule has 0 amide bonds. The topological polar surface area (TPSA) is 0 Å². The van der Waals surface area contributed by atoms with Crippen molar-refractivity contribution >= 4 is 0 Å². The van der Waals surface area contributed by atoms with Gasteiger partial charge in [-0.15, -0.1) is 0 Å². The van der Waals surface area contributed by atoms with E-state index in [1.165, 1.54) is 24.0 Å². The van der Waals surface area contributed by atoms with Crippen molar-refractivity contribution in [1.29, 1.82) is 0 Å². The van der Waals surface area contributed by atoms with Crippen molar-refractivity contribution in [2.75, 3.05) is 0 Å². The van der Waals surface area contributed by atoms with E-state index in [4.69, 9.17) is 0 Å². The van der Waals surface area contributed by atoms with Crippen molar-refractivity contribution in [3.8, 4) is 0 Å². The van der Waals surface area contributed by atoms with Gasteiger partial charge < -0.3 is 0 Å². The Morgan fingerprint density at radius 3 is 1.45 bits per heavy atom. The molecule has 0 aliphatic rings. The fraction of sp³-hybridized carbons (Fsp3) is 0.700. The average molecular weight is 274 g/mol. The molecule has 0 saturated carbocycles. The molecule has 0 bridgehead atoms. The number of hydrogen-bond acceptors (Lipinski definition) is 0. The van der Waals surface area contributed by atoms with E-state index in [0.29, 0.717) is 11.8 Å². The van der Waals surface area contributed by atoms with E-state index in [0.717, 1.165) is 0 Å². The van der Waals surface area contributed by atoms with Gasteiger partial charge in [0.2, 0.25) is 0 Å². The lowest BCUT2D eigenvalue weighted by atomic mass is 9.69. The predicted octanol–water partition coefficient (Wildman–Crippen LogP) is 6.33. The van der Waals surface area contributed by atoms with Crippen LogP contribution in [0.25, 0.3) is 0 Å². The summed E-state index contributed by atoms with van der Waals surface area (Å²) in [6, 6.07) is 9.32. The Hall–Kier alpha value is -0.780. The summed E-state index contributed by atoms with van der Waals surface area (Å²) in [7, 11) is 0. The molecule has 2 unspecified atom stereocenters. The molecular formula is C20H34. The van der Waals surface area contributed by atoms with Gasteiger partial charge in [0.1, 0.15) is 0 Å². The lowest BCUT2D eigenvalue weighted by molar-refractivity contribution is 0.324. The van der Waals surface area contributed by atoms with Gasteiger partial charge in [-0.3, -0.25) is 0 Å². The van der Waals surface area contributed by atoms with Crippen molar-refractivity contribution in [1.82, 2.24) is 0 Å². The molecule has 0 spiro atoms. The standard InChI is InChI=1S/C20H34/c1-9-15(3)19(5,6)17-12-11-13-18(14-17)20(7,8)16(4)10-2/h11-16H,9-10H2,1-8H3. The van der Waals surface area contributed by atoms with Crippen LogP contribution < -0.4 is 0 Å². The molecule has 0 nitrogen and oxygen atoms in total. The summed E-state index contributed by atoms with van der Waals surface area (Å²) >= 11 is 0. The van der Waals surface area contributed by atoms with E-state index in [2.05, 4.69) is 79.7 Å². The number of rotatable bonds is 6. The summed E-state index contributed by atoms with van der Waals surface area (Å²) in [5, 5.41) is 0. The predicted molar refractivity (Wildman–Crippen MR) is 91.4 cm³/mol. The summed E-state index contributed by atoms with van der Waals surface area (Å²) < 4.78 is 0. The molecule has 1 aromatic rings. The second-order valence-electron chi connectivity index (χ2n) is 7.64. The normalized spacial score (nSPS) is 16.0. The zero-order valence-electron chi connectivity index (χ0n) is 14.9. The van der Waals surface area contributed by atoms with Crippen LogP contribution >= 0.6 is 0 Å². The Morgan fingerprint density at radius 1 is 0.800 bits per heavy atom. The highest BCUT2D eigenvalue weighted by Gasteiger charge is 2.30. The monoisotopic (exact) mass is 274 g/mol. The van der Waals surface area contributed by atoms with Gasteiger partial charge in [-0.25, -0.2) is 0 Å². The first-order chi connectivity index (χ1) is 9.17. The average Bonchev–Trinajstić information content (AvgIpc) is 2.45. The van der Waals surface area contributed by atoms with Crippen LogP contribution in [-0.4, -0.2) is 0 Å². The third kappa shape index (κ3) is 3.27. The maximum Gasteiger partial charge on any atom is -0.00779 e. The minimum absolute atomic E-state index is 0.246. The van der Waals surface area contributed by atoms with Crippen LogP contribution in [0.3, 0.4) is 0 Å². The zero-order valence-corrected chi connectivity index (χ0v) is 14.9.